The molecule has 3 heterocycles. The second-order valence-corrected chi connectivity index (χ2v) is 8.35. The minimum Gasteiger partial charge on any atom is -0.371 e. The zero-order valence-electron chi connectivity index (χ0n) is 17.8. The summed E-state index contributed by atoms with van der Waals surface area (Å²) >= 11 is 0. The standard InChI is InChI=1S/C25H23FN6/c1-16-29-24-20(25-27-15-28-30-25)13-17(31-11-3-2-4-12-31)14-23(24)32(16)22-10-6-7-18-19(22)8-5-9-21(18)26/h5-10,13-15H,2-4,11-12H2,1H3,(H,27,28,30). The van der Waals surface area contributed by atoms with Crippen molar-refractivity contribution in [3.8, 4) is 17.1 Å². The molecule has 1 saturated heterocycles. The zero-order valence-corrected chi connectivity index (χ0v) is 17.8. The average Bonchev–Trinajstić information content (AvgIpc) is 3.47. The number of H-pyrrole nitrogens is 1. The second kappa shape index (κ2) is 7.44. The predicted octanol–water partition coefficient (Wildman–Crippen LogP) is 5.40. The van der Waals surface area contributed by atoms with Gasteiger partial charge in [0, 0.05) is 35.1 Å². The van der Waals surface area contributed by atoms with Gasteiger partial charge >= 0.3 is 0 Å². The number of fused-ring (bicyclic) bond motifs is 2. The topological polar surface area (TPSA) is 62.6 Å². The molecule has 1 fully saturated rings. The molecule has 5 aromatic rings. The number of imidazole rings is 1. The number of anilines is 1. The molecule has 0 spiro atoms. The molecule has 32 heavy (non-hydrogen) atoms. The van der Waals surface area contributed by atoms with Crippen LogP contribution in [0.5, 0.6) is 0 Å². The number of benzene rings is 3. The molecule has 0 unspecified atom stereocenters. The van der Waals surface area contributed by atoms with Crippen LogP contribution in [0.3, 0.4) is 0 Å². The Kier molecular flexibility index (Phi) is 4.41. The van der Waals surface area contributed by atoms with Gasteiger partial charge in [0.1, 0.15) is 23.5 Å². The molecule has 2 aromatic heterocycles. The summed E-state index contributed by atoms with van der Waals surface area (Å²) in [7, 11) is 0. The summed E-state index contributed by atoms with van der Waals surface area (Å²) in [6.45, 7) is 4.06. The molecule has 0 amide bonds. The summed E-state index contributed by atoms with van der Waals surface area (Å²) in [5.41, 5.74) is 4.83. The third-order valence-corrected chi connectivity index (χ3v) is 6.39. The molecule has 3 aromatic carbocycles. The third kappa shape index (κ3) is 2.96. The largest absolute Gasteiger partial charge is 0.371 e. The number of rotatable bonds is 3. The number of halogens is 1. The number of hydrogen-bond donors (Lipinski definition) is 1. The fraction of sp³-hybridized carbons (Fsp3) is 0.240. The van der Waals surface area contributed by atoms with Gasteiger partial charge in [-0.3, -0.25) is 9.67 Å². The fourth-order valence-corrected chi connectivity index (χ4v) is 4.88. The van der Waals surface area contributed by atoms with Crippen LogP contribution in [0, 0.1) is 12.7 Å². The Morgan fingerprint density at radius 2 is 1.78 bits per heavy atom. The molecule has 6 rings (SSSR count). The van der Waals surface area contributed by atoms with Gasteiger partial charge < -0.3 is 4.90 Å². The molecule has 6 nitrogen and oxygen atoms in total. The van der Waals surface area contributed by atoms with Crippen LogP contribution in [0.4, 0.5) is 10.1 Å². The summed E-state index contributed by atoms with van der Waals surface area (Å²) in [4.78, 5) is 11.8. The fourth-order valence-electron chi connectivity index (χ4n) is 4.88. The lowest BCUT2D eigenvalue weighted by Crippen LogP contribution is -2.29. The van der Waals surface area contributed by atoms with E-state index in [2.05, 4.69) is 36.8 Å². The Labute approximate surface area is 184 Å². The minimum atomic E-state index is -0.220. The maximum atomic E-state index is 14.5. The highest BCUT2D eigenvalue weighted by molar-refractivity contribution is 5.98. The van der Waals surface area contributed by atoms with Crippen molar-refractivity contribution in [1.29, 1.82) is 0 Å². The van der Waals surface area contributed by atoms with E-state index in [1.807, 2.05) is 31.2 Å². The van der Waals surface area contributed by atoms with E-state index >= 15 is 0 Å². The predicted molar refractivity (Wildman–Crippen MR) is 125 cm³/mol. The highest BCUT2D eigenvalue weighted by atomic mass is 19.1. The molecule has 0 atom stereocenters. The first-order chi connectivity index (χ1) is 15.7. The van der Waals surface area contributed by atoms with Crippen molar-refractivity contribution in [2.75, 3.05) is 18.0 Å². The van der Waals surface area contributed by atoms with Gasteiger partial charge in [-0.05, 0) is 50.5 Å². The van der Waals surface area contributed by atoms with E-state index in [4.69, 9.17) is 4.98 Å². The second-order valence-electron chi connectivity index (χ2n) is 8.35. The molecule has 0 aliphatic carbocycles. The van der Waals surface area contributed by atoms with Gasteiger partial charge in [-0.1, -0.05) is 24.3 Å². The van der Waals surface area contributed by atoms with E-state index in [-0.39, 0.29) is 5.82 Å². The lowest BCUT2D eigenvalue weighted by atomic mass is 10.1. The van der Waals surface area contributed by atoms with Crippen molar-refractivity contribution < 1.29 is 4.39 Å². The van der Waals surface area contributed by atoms with Crippen LogP contribution < -0.4 is 4.90 Å². The molecular weight excluding hydrogens is 403 g/mol. The van der Waals surface area contributed by atoms with Crippen molar-refractivity contribution in [2.24, 2.45) is 0 Å². The van der Waals surface area contributed by atoms with Crippen LogP contribution in [0.15, 0.2) is 54.9 Å². The van der Waals surface area contributed by atoms with Crippen molar-refractivity contribution in [2.45, 2.75) is 26.2 Å². The first-order valence-electron chi connectivity index (χ1n) is 11.0. The van der Waals surface area contributed by atoms with Crippen molar-refractivity contribution in [3.63, 3.8) is 0 Å². The lowest BCUT2D eigenvalue weighted by molar-refractivity contribution is 0.578. The third-order valence-electron chi connectivity index (χ3n) is 6.39. The Bertz CT molecular complexity index is 1430. The van der Waals surface area contributed by atoms with Crippen LogP contribution >= 0.6 is 0 Å². The summed E-state index contributed by atoms with van der Waals surface area (Å²) in [5, 5.41) is 8.53. The van der Waals surface area contributed by atoms with Gasteiger partial charge in [0.05, 0.1) is 11.2 Å². The minimum absolute atomic E-state index is 0.220. The number of nitrogens with one attached hydrogen (secondary N) is 1. The quantitative estimate of drug-likeness (QED) is 0.419. The molecular formula is C25H23FN6. The number of nitrogens with zero attached hydrogens (tertiary/aromatic N) is 5. The van der Waals surface area contributed by atoms with E-state index < -0.39 is 0 Å². The van der Waals surface area contributed by atoms with Crippen molar-refractivity contribution in [1.82, 2.24) is 24.7 Å². The number of piperidine rings is 1. The Hall–Kier alpha value is -3.74. The van der Waals surface area contributed by atoms with Crippen LogP contribution in [0.1, 0.15) is 25.1 Å². The lowest BCUT2D eigenvalue weighted by Gasteiger charge is -2.29. The maximum absolute atomic E-state index is 14.5. The van der Waals surface area contributed by atoms with Gasteiger partial charge in [-0.2, -0.15) is 5.10 Å². The van der Waals surface area contributed by atoms with E-state index in [0.717, 1.165) is 52.3 Å². The Morgan fingerprint density at radius 1 is 0.969 bits per heavy atom. The zero-order chi connectivity index (χ0) is 21.7. The molecule has 7 heteroatoms. The SMILES string of the molecule is Cc1nc2c(-c3ncn[nH]3)cc(N3CCCCC3)cc2n1-c1cccc2c(F)cccc12. The highest BCUT2D eigenvalue weighted by Crippen LogP contribution is 2.36. The molecule has 1 aliphatic heterocycles. The normalized spacial score (nSPS) is 14.5. The number of hydrogen-bond acceptors (Lipinski definition) is 4. The smallest absolute Gasteiger partial charge is 0.157 e. The Morgan fingerprint density at radius 3 is 2.59 bits per heavy atom. The molecule has 1 aliphatic rings. The number of aryl methyl sites for hydroxylation is 1. The van der Waals surface area contributed by atoms with Gasteiger partial charge in [0.2, 0.25) is 0 Å². The Balaban J connectivity index is 1.66. The van der Waals surface area contributed by atoms with Crippen molar-refractivity contribution in [3.05, 3.63) is 66.5 Å². The van der Waals surface area contributed by atoms with Crippen LogP contribution in [0.2, 0.25) is 0 Å². The van der Waals surface area contributed by atoms with E-state index in [9.17, 15) is 4.39 Å². The van der Waals surface area contributed by atoms with E-state index in [1.165, 1.54) is 31.7 Å². The highest BCUT2D eigenvalue weighted by Gasteiger charge is 2.21. The van der Waals surface area contributed by atoms with Gasteiger partial charge in [-0.25, -0.2) is 14.4 Å². The average molecular weight is 426 g/mol. The monoisotopic (exact) mass is 426 g/mol. The summed E-state index contributed by atoms with van der Waals surface area (Å²) < 4.78 is 16.7. The molecule has 0 saturated carbocycles. The molecule has 160 valence electrons. The molecule has 0 bridgehead atoms. The van der Waals surface area contributed by atoms with Crippen molar-refractivity contribution >= 4 is 27.5 Å². The van der Waals surface area contributed by atoms with Gasteiger partial charge in [0.25, 0.3) is 0 Å². The summed E-state index contributed by atoms with van der Waals surface area (Å²) in [6.07, 6.45) is 5.17. The van der Waals surface area contributed by atoms with Crippen LogP contribution in [-0.2, 0) is 0 Å². The number of aromatic nitrogens is 5. The first-order valence-corrected chi connectivity index (χ1v) is 11.0. The van der Waals surface area contributed by atoms with E-state index in [0.29, 0.717) is 11.2 Å². The van der Waals surface area contributed by atoms with Gasteiger partial charge in [0.15, 0.2) is 5.82 Å². The first kappa shape index (κ1) is 19.0. The molecule has 0 radical (unpaired) electrons. The summed E-state index contributed by atoms with van der Waals surface area (Å²) in [6, 6.07) is 15.3. The van der Waals surface area contributed by atoms with Crippen LogP contribution in [0.25, 0.3) is 38.9 Å². The maximum Gasteiger partial charge on any atom is 0.157 e. The summed E-state index contributed by atoms with van der Waals surface area (Å²) in [5.74, 6) is 1.32. The molecule has 1 N–H and O–H groups in total. The van der Waals surface area contributed by atoms with Crippen LogP contribution in [-0.4, -0.2) is 37.8 Å². The van der Waals surface area contributed by atoms with Gasteiger partial charge in [-0.15, -0.1) is 0 Å². The van der Waals surface area contributed by atoms with E-state index in [1.54, 1.807) is 6.07 Å². The number of aromatic amines is 1.